The van der Waals surface area contributed by atoms with E-state index in [0.717, 1.165) is 5.92 Å². The van der Waals surface area contributed by atoms with Crippen LogP contribution in [0.2, 0.25) is 0 Å². The summed E-state index contributed by atoms with van der Waals surface area (Å²) in [6.45, 7) is 7.47. The van der Waals surface area contributed by atoms with Gasteiger partial charge in [-0.15, -0.1) is 0 Å². The van der Waals surface area contributed by atoms with Gasteiger partial charge in [-0.2, -0.15) is 0 Å². The monoisotopic (exact) mass is 154 g/mol. The zero-order valence-electron chi connectivity index (χ0n) is 7.72. The van der Waals surface area contributed by atoms with Gasteiger partial charge in [-0.1, -0.05) is 20.8 Å². The predicted octanol–water partition coefficient (Wildman–Crippen LogP) is 2.05. The van der Waals surface area contributed by atoms with E-state index in [1.807, 2.05) is 0 Å². The first kappa shape index (κ1) is 7.60. The van der Waals surface area contributed by atoms with Gasteiger partial charge in [0.05, 0.1) is 0 Å². The van der Waals surface area contributed by atoms with Crippen molar-refractivity contribution in [3.05, 3.63) is 0 Å². The topological polar surface area (TPSA) is 20.2 Å². The highest BCUT2D eigenvalue weighted by atomic mass is 16.3. The molecule has 3 rings (SSSR count). The lowest BCUT2D eigenvalue weighted by Crippen LogP contribution is -2.56. The van der Waals surface area contributed by atoms with E-state index in [0.29, 0.717) is 23.4 Å². The van der Waals surface area contributed by atoms with Gasteiger partial charge in [0, 0.05) is 6.61 Å². The molecule has 64 valence electrons. The van der Waals surface area contributed by atoms with Crippen LogP contribution in [0.15, 0.2) is 0 Å². The predicted molar refractivity (Wildman–Crippen MR) is 45.2 cm³/mol. The van der Waals surface area contributed by atoms with E-state index in [9.17, 15) is 0 Å². The highest BCUT2D eigenvalue weighted by Gasteiger charge is 2.67. The molecule has 3 fully saturated rings. The van der Waals surface area contributed by atoms with Gasteiger partial charge in [-0.3, -0.25) is 0 Å². The summed E-state index contributed by atoms with van der Waals surface area (Å²) >= 11 is 0. The molecular weight excluding hydrogens is 136 g/mol. The Morgan fingerprint density at radius 2 is 2.00 bits per heavy atom. The molecule has 0 aromatic carbocycles. The third-order valence-electron chi connectivity index (χ3n) is 4.87. The SMILES string of the molecule is CC1(C)[C@@H]2CC[C@@]1(C)[C@@H]2CO. The number of aliphatic hydroxyl groups is 1. The Bertz CT molecular complexity index is 185. The Labute approximate surface area is 68.8 Å². The minimum Gasteiger partial charge on any atom is -0.396 e. The Balaban J connectivity index is 2.28. The first-order chi connectivity index (χ1) is 5.04. The summed E-state index contributed by atoms with van der Waals surface area (Å²) in [5, 5.41) is 9.16. The Hall–Kier alpha value is -0.0400. The molecule has 11 heavy (non-hydrogen) atoms. The largest absolute Gasteiger partial charge is 0.396 e. The van der Waals surface area contributed by atoms with Crippen molar-refractivity contribution in [2.45, 2.75) is 33.6 Å². The standard InChI is InChI=1S/C10H18O/c1-9(2)7-4-5-10(9,3)8(7)6-11/h7-8,11H,4-6H2,1-3H3/t7-,8-,10+/m1/s1. The van der Waals surface area contributed by atoms with E-state index in [4.69, 9.17) is 5.11 Å². The lowest BCUT2D eigenvalue weighted by atomic mass is 9.45. The molecule has 3 aliphatic carbocycles. The molecule has 1 nitrogen and oxygen atoms in total. The van der Waals surface area contributed by atoms with Gasteiger partial charge in [-0.25, -0.2) is 0 Å². The maximum Gasteiger partial charge on any atom is 0.0467 e. The lowest BCUT2D eigenvalue weighted by molar-refractivity contribution is -0.137. The molecule has 0 aliphatic heterocycles. The van der Waals surface area contributed by atoms with Crippen molar-refractivity contribution in [2.24, 2.45) is 22.7 Å². The fraction of sp³-hybridized carbons (Fsp3) is 1.00. The van der Waals surface area contributed by atoms with Crippen molar-refractivity contribution in [3.8, 4) is 0 Å². The quantitative estimate of drug-likeness (QED) is 0.613. The van der Waals surface area contributed by atoms with Crippen LogP contribution in [0.3, 0.4) is 0 Å². The number of hydrogen-bond donors (Lipinski definition) is 1. The van der Waals surface area contributed by atoms with E-state index in [1.165, 1.54) is 12.8 Å². The molecule has 0 heterocycles. The Morgan fingerprint density at radius 1 is 1.36 bits per heavy atom. The molecule has 3 aliphatic rings. The second-order valence-electron chi connectivity index (χ2n) is 5.07. The average molecular weight is 154 g/mol. The lowest BCUT2D eigenvalue weighted by Gasteiger charge is -2.59. The summed E-state index contributed by atoms with van der Waals surface area (Å²) < 4.78 is 0. The first-order valence-electron chi connectivity index (χ1n) is 4.65. The van der Waals surface area contributed by atoms with E-state index >= 15 is 0 Å². The van der Waals surface area contributed by atoms with Crippen molar-refractivity contribution in [2.75, 3.05) is 6.61 Å². The number of aliphatic hydroxyl groups excluding tert-OH is 1. The summed E-state index contributed by atoms with van der Waals surface area (Å²) in [7, 11) is 0. The highest BCUT2D eigenvalue weighted by molar-refractivity contribution is 5.16. The molecular formula is C10H18O. The summed E-state index contributed by atoms with van der Waals surface area (Å²) in [6.07, 6.45) is 2.67. The van der Waals surface area contributed by atoms with Gasteiger partial charge >= 0.3 is 0 Å². The molecule has 0 unspecified atom stereocenters. The van der Waals surface area contributed by atoms with Crippen molar-refractivity contribution < 1.29 is 5.11 Å². The minimum absolute atomic E-state index is 0.407. The minimum atomic E-state index is 0.407. The van der Waals surface area contributed by atoms with Crippen molar-refractivity contribution in [3.63, 3.8) is 0 Å². The van der Waals surface area contributed by atoms with Crippen LogP contribution in [0.25, 0.3) is 0 Å². The Kier molecular flexibility index (Phi) is 1.26. The summed E-state index contributed by atoms with van der Waals surface area (Å²) in [5.41, 5.74) is 0.951. The number of rotatable bonds is 1. The van der Waals surface area contributed by atoms with Gasteiger partial charge in [-0.05, 0) is 35.5 Å². The van der Waals surface area contributed by atoms with Gasteiger partial charge in [0.2, 0.25) is 0 Å². The van der Waals surface area contributed by atoms with Gasteiger partial charge in [0.15, 0.2) is 0 Å². The summed E-state index contributed by atoms with van der Waals surface area (Å²) in [5.74, 6) is 1.41. The highest BCUT2D eigenvalue weighted by Crippen LogP contribution is 2.73. The first-order valence-corrected chi connectivity index (χ1v) is 4.65. The molecule has 1 heteroatoms. The van der Waals surface area contributed by atoms with E-state index < -0.39 is 0 Å². The molecule has 0 saturated heterocycles. The zero-order chi connectivity index (χ0) is 8.28. The molecule has 0 spiro atoms. The molecule has 0 aromatic heterocycles. The van der Waals surface area contributed by atoms with Crippen molar-refractivity contribution in [1.82, 2.24) is 0 Å². The van der Waals surface area contributed by atoms with Gasteiger partial charge < -0.3 is 5.11 Å². The second kappa shape index (κ2) is 1.82. The maximum atomic E-state index is 9.16. The van der Waals surface area contributed by atoms with E-state index in [1.54, 1.807) is 0 Å². The molecule has 3 atom stereocenters. The van der Waals surface area contributed by atoms with Crippen LogP contribution in [-0.2, 0) is 0 Å². The van der Waals surface area contributed by atoms with Crippen LogP contribution in [-0.4, -0.2) is 11.7 Å². The van der Waals surface area contributed by atoms with Crippen LogP contribution in [0.5, 0.6) is 0 Å². The molecule has 2 bridgehead atoms. The van der Waals surface area contributed by atoms with Gasteiger partial charge in [0.25, 0.3) is 0 Å². The normalized spacial score (nSPS) is 52.4. The number of hydrogen-bond acceptors (Lipinski definition) is 1. The van der Waals surface area contributed by atoms with Crippen LogP contribution in [0.4, 0.5) is 0 Å². The summed E-state index contributed by atoms with van der Waals surface area (Å²) in [4.78, 5) is 0. The zero-order valence-corrected chi connectivity index (χ0v) is 7.72. The van der Waals surface area contributed by atoms with Crippen molar-refractivity contribution in [1.29, 1.82) is 0 Å². The second-order valence-corrected chi connectivity index (χ2v) is 5.07. The maximum absolute atomic E-state index is 9.16. The van der Waals surface area contributed by atoms with Crippen LogP contribution < -0.4 is 0 Å². The fourth-order valence-corrected chi connectivity index (χ4v) is 3.61. The van der Waals surface area contributed by atoms with Crippen molar-refractivity contribution >= 4 is 0 Å². The summed E-state index contributed by atoms with van der Waals surface area (Å²) in [6, 6.07) is 0. The molecule has 0 amide bonds. The molecule has 0 radical (unpaired) electrons. The van der Waals surface area contributed by atoms with E-state index in [2.05, 4.69) is 20.8 Å². The van der Waals surface area contributed by atoms with Gasteiger partial charge in [0.1, 0.15) is 0 Å². The Morgan fingerprint density at radius 3 is 2.18 bits per heavy atom. The van der Waals surface area contributed by atoms with Crippen LogP contribution in [0, 0.1) is 22.7 Å². The molecule has 0 aromatic rings. The smallest absolute Gasteiger partial charge is 0.0467 e. The third-order valence-corrected chi connectivity index (χ3v) is 4.87. The molecule has 3 saturated carbocycles. The average Bonchev–Trinajstić information content (AvgIpc) is 2.38. The van der Waals surface area contributed by atoms with Crippen LogP contribution >= 0.6 is 0 Å². The third kappa shape index (κ3) is 0.581. The molecule has 1 N–H and O–H groups in total. The number of fused-ring (bicyclic) bond motifs is 1. The van der Waals surface area contributed by atoms with Crippen LogP contribution in [0.1, 0.15) is 33.6 Å². The van der Waals surface area contributed by atoms with E-state index in [-0.39, 0.29) is 0 Å². The fourth-order valence-electron chi connectivity index (χ4n) is 3.61.